The van der Waals surface area contributed by atoms with Crippen molar-refractivity contribution in [3.05, 3.63) is 11.6 Å². The molecule has 0 aromatic heterocycles. The van der Waals surface area contributed by atoms with E-state index in [-0.39, 0.29) is 0 Å². The van der Waals surface area contributed by atoms with Crippen molar-refractivity contribution < 1.29 is 0 Å². The highest BCUT2D eigenvalue weighted by Crippen LogP contribution is 2.35. The predicted molar refractivity (Wildman–Crippen MR) is 58.7 cm³/mol. The molecule has 1 unspecified atom stereocenters. The van der Waals surface area contributed by atoms with Crippen molar-refractivity contribution >= 4 is 15.9 Å². The third-order valence-corrected chi connectivity index (χ3v) is 4.32. The average Bonchev–Trinajstić information content (AvgIpc) is 2.57. The fourth-order valence-corrected chi connectivity index (χ4v) is 2.31. The molecule has 1 aliphatic rings. The van der Waals surface area contributed by atoms with Crippen LogP contribution in [0.3, 0.4) is 0 Å². The van der Waals surface area contributed by atoms with Crippen molar-refractivity contribution in [3.8, 4) is 0 Å². The van der Waals surface area contributed by atoms with Crippen LogP contribution < -0.4 is 0 Å². The average molecular weight is 231 g/mol. The Hall–Kier alpha value is 0.220. The van der Waals surface area contributed by atoms with Gasteiger partial charge in [0, 0.05) is 5.33 Å². The molecule has 1 atom stereocenters. The van der Waals surface area contributed by atoms with Crippen molar-refractivity contribution in [2.24, 2.45) is 5.41 Å². The first-order valence-electron chi connectivity index (χ1n) is 4.94. The maximum absolute atomic E-state index is 3.61. The fourth-order valence-electron chi connectivity index (χ4n) is 1.71. The summed E-state index contributed by atoms with van der Waals surface area (Å²) in [7, 11) is 0. The molecule has 1 aliphatic carbocycles. The van der Waals surface area contributed by atoms with Gasteiger partial charge >= 0.3 is 0 Å². The summed E-state index contributed by atoms with van der Waals surface area (Å²) in [6.45, 7) is 4.66. The van der Waals surface area contributed by atoms with Crippen LogP contribution in [0.4, 0.5) is 0 Å². The molecular weight excluding hydrogens is 212 g/mol. The quantitative estimate of drug-likeness (QED) is 0.500. The molecule has 0 N–H and O–H groups in total. The first-order valence-corrected chi connectivity index (χ1v) is 6.06. The van der Waals surface area contributed by atoms with Crippen LogP contribution in [0.25, 0.3) is 0 Å². The van der Waals surface area contributed by atoms with Gasteiger partial charge in [0.05, 0.1) is 0 Å². The molecule has 0 aromatic rings. The van der Waals surface area contributed by atoms with Crippen LogP contribution in [0.1, 0.15) is 46.0 Å². The summed E-state index contributed by atoms with van der Waals surface area (Å²) in [5.41, 5.74) is 2.19. The Labute approximate surface area is 84.6 Å². The van der Waals surface area contributed by atoms with Crippen molar-refractivity contribution in [1.29, 1.82) is 0 Å². The van der Waals surface area contributed by atoms with Crippen molar-refractivity contribution in [1.82, 2.24) is 0 Å². The summed E-state index contributed by atoms with van der Waals surface area (Å²) in [5.74, 6) is 0. The normalized spacial score (nSPS) is 22.1. The van der Waals surface area contributed by atoms with Gasteiger partial charge in [-0.1, -0.05) is 41.4 Å². The number of alkyl halides is 1. The Morgan fingerprint density at radius 1 is 1.58 bits per heavy atom. The van der Waals surface area contributed by atoms with Gasteiger partial charge in [0.15, 0.2) is 0 Å². The summed E-state index contributed by atoms with van der Waals surface area (Å²) in [5, 5.41) is 1.13. The summed E-state index contributed by atoms with van der Waals surface area (Å²) in [6, 6.07) is 0. The zero-order valence-corrected chi connectivity index (χ0v) is 9.78. The van der Waals surface area contributed by atoms with Crippen LogP contribution in [-0.4, -0.2) is 5.33 Å². The van der Waals surface area contributed by atoms with Gasteiger partial charge in [-0.05, 0) is 37.5 Å². The molecular formula is C11H19Br. The highest BCUT2D eigenvalue weighted by Gasteiger charge is 2.22. The molecule has 1 rings (SSSR count). The van der Waals surface area contributed by atoms with Gasteiger partial charge in [-0.25, -0.2) is 0 Å². The second kappa shape index (κ2) is 4.45. The molecule has 0 spiro atoms. The zero-order valence-electron chi connectivity index (χ0n) is 8.20. The largest absolute Gasteiger partial charge is 0.0922 e. The lowest BCUT2D eigenvalue weighted by Crippen LogP contribution is -2.17. The minimum atomic E-state index is 0.496. The number of hydrogen-bond donors (Lipinski definition) is 0. The Kier molecular flexibility index (Phi) is 3.82. The Balaban J connectivity index is 2.46. The number of halogens is 1. The molecule has 12 heavy (non-hydrogen) atoms. The van der Waals surface area contributed by atoms with E-state index in [0.717, 1.165) is 5.33 Å². The second-order valence-electron chi connectivity index (χ2n) is 4.23. The SMILES string of the molecule is CCC(C)(CBr)CC1=CCCC1. The summed E-state index contributed by atoms with van der Waals surface area (Å²) in [6.07, 6.45) is 9.07. The Morgan fingerprint density at radius 3 is 2.75 bits per heavy atom. The van der Waals surface area contributed by atoms with Crippen LogP contribution in [-0.2, 0) is 0 Å². The molecule has 0 radical (unpaired) electrons. The summed E-state index contributed by atoms with van der Waals surface area (Å²) >= 11 is 3.61. The van der Waals surface area contributed by atoms with Gasteiger partial charge < -0.3 is 0 Å². The smallest absolute Gasteiger partial charge is 0.00882 e. The van der Waals surface area contributed by atoms with Gasteiger partial charge in [-0.15, -0.1) is 0 Å². The van der Waals surface area contributed by atoms with E-state index >= 15 is 0 Å². The van der Waals surface area contributed by atoms with Crippen LogP contribution >= 0.6 is 15.9 Å². The van der Waals surface area contributed by atoms with E-state index in [0.29, 0.717) is 5.41 Å². The highest BCUT2D eigenvalue weighted by molar-refractivity contribution is 9.09. The van der Waals surface area contributed by atoms with Crippen LogP contribution in [0.2, 0.25) is 0 Å². The van der Waals surface area contributed by atoms with Crippen LogP contribution in [0, 0.1) is 5.41 Å². The van der Waals surface area contributed by atoms with E-state index in [4.69, 9.17) is 0 Å². The first kappa shape index (κ1) is 10.3. The topological polar surface area (TPSA) is 0 Å². The molecule has 0 saturated heterocycles. The van der Waals surface area contributed by atoms with Crippen LogP contribution in [0.5, 0.6) is 0 Å². The van der Waals surface area contributed by atoms with Gasteiger partial charge in [0.2, 0.25) is 0 Å². The van der Waals surface area contributed by atoms with Crippen molar-refractivity contribution in [3.63, 3.8) is 0 Å². The van der Waals surface area contributed by atoms with Crippen LogP contribution in [0.15, 0.2) is 11.6 Å². The third kappa shape index (κ3) is 2.62. The molecule has 0 bridgehead atoms. The lowest BCUT2D eigenvalue weighted by molar-refractivity contribution is 0.357. The van der Waals surface area contributed by atoms with Gasteiger partial charge in [0.25, 0.3) is 0 Å². The van der Waals surface area contributed by atoms with Crippen molar-refractivity contribution in [2.75, 3.05) is 5.33 Å². The standard InChI is InChI=1S/C11H19Br/c1-3-11(2,9-12)8-10-6-4-5-7-10/h6H,3-5,7-9H2,1-2H3. The second-order valence-corrected chi connectivity index (χ2v) is 4.79. The van der Waals surface area contributed by atoms with Gasteiger partial charge in [0.1, 0.15) is 0 Å². The van der Waals surface area contributed by atoms with E-state index in [1.165, 1.54) is 32.1 Å². The minimum Gasteiger partial charge on any atom is -0.0922 e. The third-order valence-electron chi connectivity index (χ3n) is 2.97. The van der Waals surface area contributed by atoms with E-state index in [1.807, 2.05) is 0 Å². The van der Waals surface area contributed by atoms with Crippen molar-refractivity contribution in [2.45, 2.75) is 46.0 Å². The van der Waals surface area contributed by atoms with E-state index in [2.05, 4.69) is 35.9 Å². The highest BCUT2D eigenvalue weighted by atomic mass is 79.9. The number of hydrogen-bond acceptors (Lipinski definition) is 0. The van der Waals surface area contributed by atoms with E-state index < -0.39 is 0 Å². The van der Waals surface area contributed by atoms with Gasteiger partial charge in [-0.3, -0.25) is 0 Å². The maximum atomic E-state index is 3.61. The first-order chi connectivity index (χ1) is 5.70. The Morgan fingerprint density at radius 2 is 2.33 bits per heavy atom. The molecule has 0 amide bonds. The summed E-state index contributed by atoms with van der Waals surface area (Å²) < 4.78 is 0. The molecule has 1 heteroatoms. The molecule has 0 fully saturated rings. The molecule has 0 nitrogen and oxygen atoms in total. The molecule has 0 aromatic carbocycles. The number of allylic oxidation sites excluding steroid dienone is 2. The van der Waals surface area contributed by atoms with E-state index in [9.17, 15) is 0 Å². The molecule has 70 valence electrons. The molecule has 0 aliphatic heterocycles. The molecule has 0 heterocycles. The fraction of sp³-hybridized carbons (Fsp3) is 0.818. The van der Waals surface area contributed by atoms with E-state index in [1.54, 1.807) is 5.57 Å². The minimum absolute atomic E-state index is 0.496. The zero-order chi connectivity index (χ0) is 9.03. The Bertz CT molecular complexity index is 166. The van der Waals surface area contributed by atoms with Gasteiger partial charge in [-0.2, -0.15) is 0 Å². The maximum Gasteiger partial charge on any atom is 0.00882 e. The lowest BCUT2D eigenvalue weighted by Gasteiger charge is -2.26. The lowest BCUT2D eigenvalue weighted by atomic mass is 9.83. The molecule has 0 saturated carbocycles. The number of rotatable bonds is 4. The summed E-state index contributed by atoms with van der Waals surface area (Å²) in [4.78, 5) is 0. The predicted octanol–water partition coefficient (Wildman–Crippen LogP) is 4.30. The monoisotopic (exact) mass is 230 g/mol.